The van der Waals surface area contributed by atoms with Gasteiger partial charge in [-0.15, -0.1) is 0 Å². The lowest BCUT2D eigenvalue weighted by molar-refractivity contribution is -0.498. The van der Waals surface area contributed by atoms with Gasteiger partial charge in [-0.1, -0.05) is 13.8 Å². The third-order valence-electron chi connectivity index (χ3n) is 4.85. The molecule has 0 aromatic heterocycles. The first kappa shape index (κ1) is 24.3. The third-order valence-corrected chi connectivity index (χ3v) is 4.85. The maximum absolute atomic E-state index is 12.2. The average Bonchev–Trinajstić information content (AvgIpc) is 2.93. The normalized spacial score (nSPS) is 45.6. The third kappa shape index (κ3) is 4.26. The summed E-state index contributed by atoms with van der Waals surface area (Å²) in [7, 11) is 0. The van der Waals surface area contributed by atoms with Crippen molar-refractivity contribution in [2.75, 3.05) is 19.8 Å². The van der Waals surface area contributed by atoms with Gasteiger partial charge in [-0.25, -0.2) is 0 Å². The molecule has 2 aliphatic heterocycles. The van der Waals surface area contributed by atoms with Crippen LogP contribution in [0, 0.1) is 5.92 Å². The van der Waals surface area contributed by atoms with Gasteiger partial charge in [0.25, 0.3) is 0 Å². The molecule has 8 N–H and O–H groups in total. The molecule has 0 aromatic rings. The minimum atomic E-state index is -2.96. The molecule has 13 heteroatoms. The minimum Gasteiger partial charge on any atom is -0.405 e. The van der Waals surface area contributed by atoms with Crippen LogP contribution in [-0.2, 0) is 23.7 Å². The lowest BCUT2D eigenvalue weighted by atomic mass is 9.97. The van der Waals surface area contributed by atoms with Crippen molar-refractivity contribution in [1.29, 1.82) is 0 Å². The van der Waals surface area contributed by atoms with Crippen molar-refractivity contribution >= 4 is 5.97 Å². The van der Waals surface area contributed by atoms with E-state index in [1.54, 1.807) is 0 Å². The molecule has 2 rings (SSSR count). The summed E-state index contributed by atoms with van der Waals surface area (Å²) in [4.78, 5) is 12.2. The Morgan fingerprint density at radius 3 is 1.90 bits per heavy atom. The summed E-state index contributed by atoms with van der Waals surface area (Å²) >= 11 is 0. The van der Waals surface area contributed by atoms with Crippen molar-refractivity contribution in [3.05, 3.63) is 0 Å². The van der Waals surface area contributed by atoms with Crippen molar-refractivity contribution < 1.29 is 64.6 Å². The minimum absolute atomic E-state index is 0.786. The molecular formula is C16H28O13. The van der Waals surface area contributed by atoms with Gasteiger partial charge in [0.15, 0.2) is 6.10 Å². The number of aliphatic hydroxyl groups is 8. The van der Waals surface area contributed by atoms with Gasteiger partial charge in [0.1, 0.15) is 43.2 Å². The maximum atomic E-state index is 12.2. The predicted molar refractivity (Wildman–Crippen MR) is 88.5 cm³/mol. The molecule has 2 aliphatic rings. The van der Waals surface area contributed by atoms with E-state index >= 15 is 0 Å². The molecule has 0 amide bonds. The van der Waals surface area contributed by atoms with Crippen molar-refractivity contribution in [3.63, 3.8) is 0 Å². The zero-order valence-electron chi connectivity index (χ0n) is 15.9. The molecule has 170 valence electrons. The Kier molecular flexibility index (Phi) is 7.57. The standard InChI is InChI=1S/C16H28O13/c1-6(2)14(25)28-16(13(24)11(22)9(20)7(3-17)27-16)29-15(5-19)12(23)10(21)8(4-18)26-15/h6-13,17-24H,3-5H2,1-2H3/t7-,8-,9-,10-,11+,12+,13-,15?,16+/m1/s1. The van der Waals surface area contributed by atoms with Gasteiger partial charge in [-0.3, -0.25) is 9.53 Å². The number of carbonyl (C=O) groups is 1. The molecule has 2 fully saturated rings. The first-order valence-corrected chi connectivity index (χ1v) is 9.00. The van der Waals surface area contributed by atoms with E-state index in [1.165, 1.54) is 13.8 Å². The molecule has 0 aliphatic carbocycles. The highest BCUT2D eigenvalue weighted by Crippen LogP contribution is 2.41. The summed E-state index contributed by atoms with van der Waals surface area (Å²) in [5.41, 5.74) is 0. The van der Waals surface area contributed by atoms with Crippen LogP contribution in [-0.4, -0.2) is 121 Å². The number of rotatable bonds is 7. The van der Waals surface area contributed by atoms with E-state index in [4.69, 9.17) is 18.9 Å². The highest BCUT2D eigenvalue weighted by atomic mass is 16.9. The van der Waals surface area contributed by atoms with Crippen molar-refractivity contribution in [2.45, 2.75) is 68.3 Å². The molecule has 0 spiro atoms. The van der Waals surface area contributed by atoms with E-state index in [1.807, 2.05) is 0 Å². The van der Waals surface area contributed by atoms with Gasteiger partial charge in [-0.2, -0.15) is 0 Å². The predicted octanol–water partition coefficient (Wildman–Crippen LogP) is -4.87. The largest absolute Gasteiger partial charge is 0.405 e. The summed E-state index contributed by atoms with van der Waals surface area (Å²) in [6.07, 6.45) is -12.9. The van der Waals surface area contributed by atoms with E-state index < -0.39 is 86.2 Å². The summed E-state index contributed by atoms with van der Waals surface area (Å²) in [6, 6.07) is 0. The number of hydrogen-bond donors (Lipinski definition) is 8. The SMILES string of the molecule is CC(C)C(=O)O[C@@]1(OC2(CO)O[C@H](CO)[C@@H](O)[C@@H]2O)O[C@H](CO)[C@@H](O)[C@H](O)[C@H]1O. The molecule has 2 saturated heterocycles. The number of hydrogen-bond acceptors (Lipinski definition) is 13. The van der Waals surface area contributed by atoms with Crippen LogP contribution < -0.4 is 0 Å². The van der Waals surface area contributed by atoms with Crippen LogP contribution in [0.1, 0.15) is 13.8 Å². The van der Waals surface area contributed by atoms with Gasteiger partial charge in [0, 0.05) is 0 Å². The topological polar surface area (TPSA) is 216 Å². The fraction of sp³-hybridized carbons (Fsp3) is 0.938. The number of ether oxygens (including phenoxy) is 4. The molecule has 0 saturated carbocycles. The molecule has 29 heavy (non-hydrogen) atoms. The van der Waals surface area contributed by atoms with Crippen LogP contribution >= 0.6 is 0 Å². The number of aliphatic hydroxyl groups excluding tert-OH is 8. The monoisotopic (exact) mass is 428 g/mol. The van der Waals surface area contributed by atoms with Gasteiger partial charge < -0.3 is 55.1 Å². The summed E-state index contributed by atoms with van der Waals surface area (Å²) in [5, 5.41) is 79.4. The lowest BCUT2D eigenvalue weighted by Gasteiger charge is -2.49. The molecule has 9 atom stereocenters. The Hall–Kier alpha value is -0.970. The maximum Gasteiger partial charge on any atom is 0.362 e. The molecule has 0 bridgehead atoms. The summed E-state index contributed by atoms with van der Waals surface area (Å²) in [6.45, 7) is 0.00268. The van der Waals surface area contributed by atoms with E-state index in [0.29, 0.717) is 0 Å². The zero-order valence-corrected chi connectivity index (χ0v) is 15.9. The Balaban J connectivity index is 2.49. The van der Waals surface area contributed by atoms with Crippen LogP contribution in [0.4, 0.5) is 0 Å². The first-order valence-electron chi connectivity index (χ1n) is 9.00. The number of esters is 1. The summed E-state index contributed by atoms with van der Waals surface area (Å²) in [5.74, 6) is -7.32. The van der Waals surface area contributed by atoms with Crippen LogP contribution in [0.5, 0.6) is 0 Å². The number of carbonyl (C=O) groups excluding carboxylic acids is 1. The summed E-state index contributed by atoms with van der Waals surface area (Å²) < 4.78 is 20.9. The average molecular weight is 428 g/mol. The molecule has 0 radical (unpaired) electrons. The van der Waals surface area contributed by atoms with Crippen LogP contribution in [0.3, 0.4) is 0 Å². The fourth-order valence-electron chi connectivity index (χ4n) is 3.05. The fourth-order valence-corrected chi connectivity index (χ4v) is 3.05. The van der Waals surface area contributed by atoms with E-state index in [0.717, 1.165) is 0 Å². The van der Waals surface area contributed by atoms with Crippen molar-refractivity contribution in [1.82, 2.24) is 0 Å². The Bertz CT molecular complexity index is 571. The van der Waals surface area contributed by atoms with Gasteiger partial charge in [-0.05, 0) is 0 Å². The molecule has 13 nitrogen and oxygen atoms in total. The quantitative estimate of drug-likeness (QED) is 0.141. The van der Waals surface area contributed by atoms with E-state index in [2.05, 4.69) is 0 Å². The van der Waals surface area contributed by atoms with Gasteiger partial charge >= 0.3 is 11.9 Å². The Labute approximate surface area is 165 Å². The van der Waals surface area contributed by atoms with Crippen molar-refractivity contribution in [3.8, 4) is 0 Å². The van der Waals surface area contributed by atoms with Crippen LogP contribution in [0.25, 0.3) is 0 Å². The van der Waals surface area contributed by atoms with Crippen LogP contribution in [0.15, 0.2) is 0 Å². The zero-order chi connectivity index (χ0) is 22.1. The van der Waals surface area contributed by atoms with Gasteiger partial charge in [0.2, 0.25) is 5.79 Å². The van der Waals surface area contributed by atoms with E-state index in [-0.39, 0.29) is 0 Å². The second kappa shape index (κ2) is 9.03. The lowest BCUT2D eigenvalue weighted by Crippen LogP contribution is -2.71. The molecule has 2 heterocycles. The second-order valence-electron chi connectivity index (χ2n) is 7.29. The highest BCUT2D eigenvalue weighted by Gasteiger charge is 2.65. The van der Waals surface area contributed by atoms with Crippen molar-refractivity contribution in [2.24, 2.45) is 5.92 Å². The molecular weight excluding hydrogens is 400 g/mol. The smallest absolute Gasteiger partial charge is 0.362 e. The second-order valence-corrected chi connectivity index (χ2v) is 7.29. The Morgan fingerprint density at radius 1 is 0.897 bits per heavy atom. The van der Waals surface area contributed by atoms with Gasteiger partial charge in [0.05, 0.1) is 19.1 Å². The Morgan fingerprint density at radius 2 is 1.45 bits per heavy atom. The van der Waals surface area contributed by atoms with Crippen LogP contribution in [0.2, 0.25) is 0 Å². The first-order chi connectivity index (χ1) is 13.5. The molecule has 0 aromatic carbocycles. The molecule has 1 unspecified atom stereocenters. The van der Waals surface area contributed by atoms with E-state index in [9.17, 15) is 45.6 Å². The highest BCUT2D eigenvalue weighted by molar-refractivity contribution is 5.71.